The molecule has 0 aliphatic carbocycles. The molecular formula is C8H16N2O3S. The first-order valence-electron chi connectivity index (χ1n) is 4.30. The Labute approximate surface area is 85.6 Å². The van der Waals surface area contributed by atoms with Crippen molar-refractivity contribution >= 4 is 10.1 Å². The largest absolute Gasteiger partial charge is 0.299 e. The zero-order valence-electron chi connectivity index (χ0n) is 8.73. The van der Waals surface area contributed by atoms with E-state index in [1.54, 1.807) is 25.8 Å². The van der Waals surface area contributed by atoms with Crippen LogP contribution in [-0.2, 0) is 14.3 Å². The van der Waals surface area contributed by atoms with E-state index in [1.165, 1.54) is 0 Å². The second-order valence-electron chi connectivity index (χ2n) is 3.29. The third-order valence-corrected chi connectivity index (χ3v) is 2.73. The molecule has 0 unspecified atom stereocenters. The minimum atomic E-state index is -3.44. The molecule has 0 heterocycles. The standard InChI is InChI=1S/C8H16N2O3S/c1-8(2)13-14(11,12)6-5-10(4)7-9-3/h8H,5-7H2,1-2,4H3. The van der Waals surface area contributed by atoms with Crippen LogP contribution in [0.2, 0.25) is 0 Å². The van der Waals surface area contributed by atoms with Gasteiger partial charge < -0.3 is 0 Å². The van der Waals surface area contributed by atoms with Crippen molar-refractivity contribution in [1.82, 2.24) is 4.90 Å². The first-order chi connectivity index (χ1) is 6.37. The lowest BCUT2D eigenvalue weighted by Crippen LogP contribution is -2.27. The average Bonchev–Trinajstić information content (AvgIpc) is 1.99. The molecule has 0 saturated heterocycles. The minimum absolute atomic E-state index is 0.0722. The zero-order valence-corrected chi connectivity index (χ0v) is 9.54. The van der Waals surface area contributed by atoms with Gasteiger partial charge in [0.15, 0.2) is 0 Å². The lowest BCUT2D eigenvalue weighted by Gasteiger charge is -2.11. The maximum absolute atomic E-state index is 11.2. The van der Waals surface area contributed by atoms with Crippen LogP contribution in [-0.4, -0.2) is 45.4 Å². The van der Waals surface area contributed by atoms with Gasteiger partial charge >= 0.3 is 0 Å². The fraction of sp³-hybridized carbons (Fsp3) is 0.875. The summed E-state index contributed by atoms with van der Waals surface area (Å²) in [7, 11) is -1.74. The van der Waals surface area contributed by atoms with E-state index in [4.69, 9.17) is 10.8 Å². The van der Waals surface area contributed by atoms with Gasteiger partial charge in [0.25, 0.3) is 16.8 Å². The van der Waals surface area contributed by atoms with E-state index in [9.17, 15) is 8.42 Å². The van der Waals surface area contributed by atoms with Crippen LogP contribution in [0.5, 0.6) is 0 Å². The summed E-state index contributed by atoms with van der Waals surface area (Å²) in [6.07, 6.45) is -0.328. The molecule has 0 aromatic heterocycles. The first kappa shape index (κ1) is 13.4. The Bertz CT molecular complexity index is 292. The average molecular weight is 220 g/mol. The van der Waals surface area contributed by atoms with Crippen LogP contribution in [0, 0.1) is 6.57 Å². The summed E-state index contributed by atoms with van der Waals surface area (Å²) < 4.78 is 27.2. The van der Waals surface area contributed by atoms with Crippen LogP contribution >= 0.6 is 0 Å². The molecule has 0 aromatic rings. The molecule has 0 saturated carbocycles. The van der Waals surface area contributed by atoms with Crippen molar-refractivity contribution in [3.05, 3.63) is 11.4 Å². The van der Waals surface area contributed by atoms with Gasteiger partial charge in [-0.25, -0.2) is 11.5 Å². The van der Waals surface area contributed by atoms with Crippen molar-refractivity contribution in [3.63, 3.8) is 0 Å². The molecule has 0 amide bonds. The van der Waals surface area contributed by atoms with Crippen LogP contribution < -0.4 is 0 Å². The lowest BCUT2D eigenvalue weighted by atomic mass is 10.5. The maximum atomic E-state index is 11.2. The zero-order chi connectivity index (χ0) is 11.2. The predicted molar refractivity (Wildman–Crippen MR) is 54.1 cm³/mol. The SMILES string of the molecule is [C-]#[N+]CN(C)CCS(=O)(=O)OC(C)C. The quantitative estimate of drug-likeness (QED) is 0.484. The molecule has 0 spiro atoms. The van der Waals surface area contributed by atoms with Gasteiger partial charge in [0, 0.05) is 6.54 Å². The summed E-state index contributed by atoms with van der Waals surface area (Å²) in [5, 5.41) is 0. The van der Waals surface area contributed by atoms with Gasteiger partial charge in [-0.15, -0.1) is 0 Å². The Hall–Kier alpha value is -0.640. The summed E-state index contributed by atoms with van der Waals surface area (Å²) in [6.45, 7) is 10.4. The van der Waals surface area contributed by atoms with Gasteiger partial charge in [-0.2, -0.15) is 8.42 Å². The van der Waals surface area contributed by atoms with Crippen molar-refractivity contribution in [2.45, 2.75) is 20.0 Å². The van der Waals surface area contributed by atoms with Crippen LogP contribution in [0.3, 0.4) is 0 Å². The molecule has 82 valence electrons. The van der Waals surface area contributed by atoms with Gasteiger partial charge in [0.2, 0.25) is 0 Å². The second-order valence-corrected chi connectivity index (χ2v) is 5.00. The molecular weight excluding hydrogens is 204 g/mol. The van der Waals surface area contributed by atoms with Crippen LogP contribution in [0.4, 0.5) is 0 Å². The predicted octanol–water partition coefficient (Wildman–Crippen LogP) is 0.550. The Balaban J connectivity index is 3.95. The van der Waals surface area contributed by atoms with Crippen molar-refractivity contribution in [3.8, 4) is 0 Å². The highest BCUT2D eigenvalue weighted by Crippen LogP contribution is 1.99. The molecule has 0 aliphatic heterocycles. The van der Waals surface area contributed by atoms with E-state index < -0.39 is 10.1 Å². The van der Waals surface area contributed by atoms with Gasteiger partial charge in [-0.1, -0.05) is 0 Å². The molecule has 6 heteroatoms. The lowest BCUT2D eigenvalue weighted by molar-refractivity contribution is 0.246. The van der Waals surface area contributed by atoms with Crippen LogP contribution in [0.25, 0.3) is 4.85 Å². The number of hydrogen-bond acceptors (Lipinski definition) is 4. The summed E-state index contributed by atoms with van der Waals surface area (Å²) in [4.78, 5) is 4.77. The molecule has 14 heavy (non-hydrogen) atoms. The van der Waals surface area contributed by atoms with Gasteiger partial charge in [0.05, 0.1) is 11.9 Å². The third-order valence-electron chi connectivity index (χ3n) is 1.37. The minimum Gasteiger partial charge on any atom is -0.299 e. The summed E-state index contributed by atoms with van der Waals surface area (Å²) in [6, 6.07) is 0. The molecule has 0 aromatic carbocycles. The highest BCUT2D eigenvalue weighted by molar-refractivity contribution is 7.86. The van der Waals surface area contributed by atoms with E-state index in [-0.39, 0.29) is 18.5 Å². The highest BCUT2D eigenvalue weighted by Gasteiger charge is 2.14. The number of nitrogens with zero attached hydrogens (tertiary/aromatic N) is 2. The van der Waals surface area contributed by atoms with Crippen molar-refractivity contribution in [2.75, 3.05) is 26.0 Å². The fourth-order valence-electron chi connectivity index (χ4n) is 0.800. The van der Waals surface area contributed by atoms with Gasteiger partial charge in [-0.3, -0.25) is 9.03 Å². The van der Waals surface area contributed by atoms with Gasteiger partial charge in [-0.05, 0) is 20.9 Å². The summed E-state index contributed by atoms with van der Waals surface area (Å²) in [5.41, 5.74) is 0. The highest BCUT2D eigenvalue weighted by atomic mass is 32.2. The van der Waals surface area contributed by atoms with Crippen molar-refractivity contribution < 1.29 is 12.6 Å². The maximum Gasteiger partial charge on any atom is 0.270 e. The van der Waals surface area contributed by atoms with E-state index in [0.29, 0.717) is 6.54 Å². The fourth-order valence-corrected chi connectivity index (χ4v) is 2.02. The smallest absolute Gasteiger partial charge is 0.270 e. The molecule has 0 radical (unpaired) electrons. The normalized spacial score (nSPS) is 12.0. The van der Waals surface area contributed by atoms with Crippen molar-refractivity contribution in [2.24, 2.45) is 0 Å². The Morgan fingerprint density at radius 3 is 2.50 bits per heavy atom. The van der Waals surface area contributed by atoms with E-state index in [0.717, 1.165) is 0 Å². The molecule has 0 fully saturated rings. The molecule has 5 nitrogen and oxygen atoms in total. The molecule has 0 aliphatic rings. The Morgan fingerprint density at radius 2 is 2.07 bits per heavy atom. The monoisotopic (exact) mass is 220 g/mol. The molecule has 0 N–H and O–H groups in total. The van der Waals surface area contributed by atoms with Crippen molar-refractivity contribution in [1.29, 1.82) is 0 Å². The third kappa shape index (κ3) is 6.83. The van der Waals surface area contributed by atoms with Crippen LogP contribution in [0.1, 0.15) is 13.8 Å². The molecule has 0 atom stereocenters. The van der Waals surface area contributed by atoms with E-state index in [1.807, 2.05) is 0 Å². The topological polar surface area (TPSA) is 51.0 Å². The number of hydrogen-bond donors (Lipinski definition) is 0. The van der Waals surface area contributed by atoms with Gasteiger partial charge in [0.1, 0.15) is 0 Å². The summed E-state index contributed by atoms with van der Waals surface area (Å²) >= 11 is 0. The second kappa shape index (κ2) is 5.96. The van der Waals surface area contributed by atoms with E-state index >= 15 is 0 Å². The molecule has 0 rings (SSSR count). The summed E-state index contributed by atoms with van der Waals surface area (Å²) in [5.74, 6) is -0.0722. The number of rotatable bonds is 6. The van der Waals surface area contributed by atoms with E-state index in [2.05, 4.69) is 4.85 Å². The Kier molecular flexibility index (Phi) is 5.69. The van der Waals surface area contributed by atoms with Crippen LogP contribution in [0.15, 0.2) is 0 Å². The Morgan fingerprint density at radius 1 is 1.50 bits per heavy atom. The molecule has 0 bridgehead atoms. The first-order valence-corrected chi connectivity index (χ1v) is 5.88.